The first-order valence-corrected chi connectivity index (χ1v) is 3.50. The van der Waals surface area contributed by atoms with Crippen molar-refractivity contribution in [3.8, 4) is 0 Å². The van der Waals surface area contributed by atoms with Crippen molar-refractivity contribution in [3.05, 3.63) is 24.3 Å². The lowest BCUT2D eigenvalue weighted by molar-refractivity contribution is -0.0943. The van der Waals surface area contributed by atoms with E-state index >= 15 is 0 Å². The lowest BCUT2D eigenvalue weighted by atomic mass is 10.1. The monoisotopic (exact) mass is 180 g/mol. The molecule has 1 N–H and O–H groups in total. The fourth-order valence-corrected chi connectivity index (χ4v) is 0.727. The molecule has 0 aromatic rings. The molecule has 0 bridgehead atoms. The average Bonchev–Trinajstić information content (AvgIpc) is 1.95. The molecule has 0 aromatic heterocycles. The van der Waals surface area contributed by atoms with Crippen LogP contribution < -0.4 is 0 Å². The first-order chi connectivity index (χ1) is 5.52. The highest BCUT2D eigenvalue weighted by Crippen LogP contribution is 2.28. The average molecular weight is 180 g/mol. The van der Waals surface area contributed by atoms with Crippen molar-refractivity contribution in [2.24, 2.45) is 0 Å². The van der Waals surface area contributed by atoms with Gasteiger partial charge in [-0.15, -0.1) is 6.58 Å². The van der Waals surface area contributed by atoms with Gasteiger partial charge in [0, 0.05) is 5.57 Å². The summed E-state index contributed by atoms with van der Waals surface area (Å²) < 4.78 is 36.1. The predicted molar refractivity (Wildman–Crippen MR) is 40.7 cm³/mol. The summed E-state index contributed by atoms with van der Waals surface area (Å²) in [6, 6.07) is 0. The summed E-state index contributed by atoms with van der Waals surface area (Å²) in [6.45, 7) is 2.74. The van der Waals surface area contributed by atoms with Crippen LogP contribution in [0.3, 0.4) is 0 Å². The standard InChI is InChI=1S/C8H11F3O/c1-2-3-4-7(5-6-12)8(9,10)11/h2,5,12H,1,3-4,6H2. The number of allylic oxidation sites excluding steroid dienone is 2. The van der Waals surface area contributed by atoms with Crippen LogP contribution in [-0.4, -0.2) is 17.9 Å². The van der Waals surface area contributed by atoms with Crippen molar-refractivity contribution < 1.29 is 18.3 Å². The molecular formula is C8H11F3O. The van der Waals surface area contributed by atoms with Gasteiger partial charge in [-0.05, 0) is 12.8 Å². The van der Waals surface area contributed by atoms with Crippen molar-refractivity contribution in [1.82, 2.24) is 0 Å². The third-order valence-corrected chi connectivity index (χ3v) is 1.32. The molecule has 0 saturated carbocycles. The van der Waals surface area contributed by atoms with Gasteiger partial charge in [0.25, 0.3) is 0 Å². The SMILES string of the molecule is C=CCCC(=CCO)C(F)(F)F. The second kappa shape index (κ2) is 4.98. The van der Waals surface area contributed by atoms with Gasteiger partial charge in [-0.25, -0.2) is 0 Å². The van der Waals surface area contributed by atoms with Gasteiger partial charge in [0.05, 0.1) is 6.61 Å². The molecule has 0 rings (SSSR count). The molecule has 0 spiro atoms. The second-order valence-electron chi connectivity index (χ2n) is 2.24. The fraction of sp³-hybridized carbons (Fsp3) is 0.500. The van der Waals surface area contributed by atoms with E-state index in [2.05, 4.69) is 6.58 Å². The first kappa shape index (κ1) is 11.2. The van der Waals surface area contributed by atoms with Gasteiger partial charge in [-0.2, -0.15) is 13.2 Å². The molecule has 0 aliphatic carbocycles. The van der Waals surface area contributed by atoms with Crippen LogP contribution in [0, 0.1) is 0 Å². The third-order valence-electron chi connectivity index (χ3n) is 1.32. The molecule has 0 atom stereocenters. The Morgan fingerprint density at radius 3 is 2.33 bits per heavy atom. The van der Waals surface area contributed by atoms with E-state index in [0.29, 0.717) is 0 Å². The maximum absolute atomic E-state index is 12.0. The van der Waals surface area contributed by atoms with E-state index in [9.17, 15) is 13.2 Å². The normalized spacial score (nSPS) is 13.2. The topological polar surface area (TPSA) is 20.2 Å². The van der Waals surface area contributed by atoms with E-state index in [1.807, 2.05) is 0 Å². The number of hydrogen-bond acceptors (Lipinski definition) is 1. The highest BCUT2D eigenvalue weighted by Gasteiger charge is 2.32. The maximum atomic E-state index is 12.0. The minimum atomic E-state index is -4.33. The number of aliphatic hydroxyl groups is 1. The molecule has 0 amide bonds. The number of hydrogen-bond donors (Lipinski definition) is 1. The largest absolute Gasteiger partial charge is 0.412 e. The van der Waals surface area contributed by atoms with E-state index in [1.54, 1.807) is 0 Å². The highest BCUT2D eigenvalue weighted by molar-refractivity contribution is 5.09. The molecule has 70 valence electrons. The number of halogens is 3. The van der Waals surface area contributed by atoms with Crippen LogP contribution in [0.25, 0.3) is 0 Å². The van der Waals surface area contributed by atoms with Crippen LogP contribution in [0.1, 0.15) is 12.8 Å². The lowest BCUT2D eigenvalue weighted by Crippen LogP contribution is -2.12. The van der Waals surface area contributed by atoms with Crippen LogP contribution in [0.4, 0.5) is 13.2 Å². The van der Waals surface area contributed by atoms with Gasteiger partial charge in [0.2, 0.25) is 0 Å². The molecule has 0 fully saturated rings. The molecule has 0 aliphatic heterocycles. The first-order valence-electron chi connectivity index (χ1n) is 3.50. The van der Waals surface area contributed by atoms with Gasteiger partial charge in [-0.1, -0.05) is 12.2 Å². The van der Waals surface area contributed by atoms with Crippen molar-refractivity contribution in [2.45, 2.75) is 19.0 Å². The summed E-state index contributed by atoms with van der Waals surface area (Å²) in [5.74, 6) is 0. The Balaban J connectivity index is 4.24. The fourth-order valence-electron chi connectivity index (χ4n) is 0.727. The molecule has 1 nitrogen and oxygen atoms in total. The van der Waals surface area contributed by atoms with Crippen LogP contribution in [0.2, 0.25) is 0 Å². The minimum Gasteiger partial charge on any atom is -0.392 e. The summed E-state index contributed by atoms with van der Waals surface area (Å²) in [7, 11) is 0. The van der Waals surface area contributed by atoms with Crippen molar-refractivity contribution in [3.63, 3.8) is 0 Å². The Bertz CT molecular complexity index is 170. The van der Waals surface area contributed by atoms with E-state index in [1.165, 1.54) is 6.08 Å². The summed E-state index contributed by atoms with van der Waals surface area (Å²) in [6.07, 6.45) is -1.98. The second-order valence-corrected chi connectivity index (χ2v) is 2.24. The predicted octanol–water partition coefficient (Wildman–Crippen LogP) is 2.43. The van der Waals surface area contributed by atoms with E-state index in [0.717, 1.165) is 6.08 Å². The summed E-state index contributed by atoms with van der Waals surface area (Å²) >= 11 is 0. The molecule has 0 heterocycles. The van der Waals surface area contributed by atoms with Crippen LogP contribution in [0.5, 0.6) is 0 Å². The smallest absolute Gasteiger partial charge is 0.392 e. The molecule has 0 aromatic carbocycles. The number of alkyl halides is 3. The summed E-state index contributed by atoms with van der Waals surface area (Å²) in [5.41, 5.74) is -0.690. The Kier molecular flexibility index (Phi) is 4.66. The summed E-state index contributed by atoms with van der Waals surface area (Å²) in [4.78, 5) is 0. The summed E-state index contributed by atoms with van der Waals surface area (Å²) in [5, 5.41) is 8.30. The highest BCUT2D eigenvalue weighted by atomic mass is 19.4. The Morgan fingerprint density at radius 1 is 1.42 bits per heavy atom. The number of aliphatic hydroxyl groups excluding tert-OH is 1. The molecule has 0 unspecified atom stereocenters. The Hall–Kier alpha value is -0.770. The van der Waals surface area contributed by atoms with Gasteiger partial charge < -0.3 is 5.11 Å². The van der Waals surface area contributed by atoms with Gasteiger partial charge in [0.15, 0.2) is 0 Å². The Morgan fingerprint density at radius 2 is 2.00 bits per heavy atom. The van der Waals surface area contributed by atoms with E-state index < -0.39 is 18.4 Å². The zero-order valence-electron chi connectivity index (χ0n) is 6.56. The molecule has 12 heavy (non-hydrogen) atoms. The lowest BCUT2D eigenvalue weighted by Gasteiger charge is -2.09. The molecule has 4 heteroatoms. The zero-order chi connectivity index (χ0) is 9.61. The van der Waals surface area contributed by atoms with E-state index in [-0.39, 0.29) is 12.8 Å². The van der Waals surface area contributed by atoms with Crippen LogP contribution >= 0.6 is 0 Å². The van der Waals surface area contributed by atoms with Crippen LogP contribution in [0.15, 0.2) is 24.3 Å². The van der Waals surface area contributed by atoms with E-state index in [4.69, 9.17) is 5.11 Å². The van der Waals surface area contributed by atoms with Gasteiger partial charge in [0.1, 0.15) is 0 Å². The maximum Gasteiger partial charge on any atom is 0.412 e. The molecule has 0 radical (unpaired) electrons. The van der Waals surface area contributed by atoms with Crippen LogP contribution in [-0.2, 0) is 0 Å². The van der Waals surface area contributed by atoms with Crippen molar-refractivity contribution in [1.29, 1.82) is 0 Å². The zero-order valence-corrected chi connectivity index (χ0v) is 6.56. The molecule has 0 aliphatic rings. The van der Waals surface area contributed by atoms with Gasteiger partial charge >= 0.3 is 6.18 Å². The molecular weight excluding hydrogens is 169 g/mol. The minimum absolute atomic E-state index is 0.117. The molecule has 0 saturated heterocycles. The number of rotatable bonds is 4. The van der Waals surface area contributed by atoms with Gasteiger partial charge in [-0.3, -0.25) is 0 Å². The van der Waals surface area contributed by atoms with Crippen molar-refractivity contribution >= 4 is 0 Å². The Labute approximate surface area is 69.2 Å². The quantitative estimate of drug-likeness (QED) is 0.659. The van der Waals surface area contributed by atoms with Crippen molar-refractivity contribution in [2.75, 3.05) is 6.61 Å². The third kappa shape index (κ3) is 4.18.